The van der Waals surface area contributed by atoms with E-state index in [1.165, 1.54) is 28.3 Å². The van der Waals surface area contributed by atoms with Crippen molar-refractivity contribution in [2.45, 2.75) is 232 Å². The second-order valence-electron chi connectivity index (χ2n) is 22.9. The highest BCUT2D eigenvalue weighted by Crippen LogP contribution is 2.40. The lowest BCUT2D eigenvalue weighted by atomic mass is 9.74. The molecular weight excluding hydrogens is 965 g/mol. The van der Waals surface area contributed by atoms with E-state index in [9.17, 15) is 24.9 Å². The van der Waals surface area contributed by atoms with Crippen LogP contribution in [0.2, 0.25) is 0 Å². The fourth-order valence-electron chi connectivity index (χ4n) is 12.1. The van der Waals surface area contributed by atoms with Crippen LogP contribution in [0.4, 0.5) is 0 Å². The van der Waals surface area contributed by atoms with Crippen molar-refractivity contribution < 1.29 is 86.6 Å². The third kappa shape index (κ3) is 15.6. The molecule has 0 radical (unpaired) electrons. The van der Waals surface area contributed by atoms with Crippen LogP contribution in [0.3, 0.4) is 0 Å². The number of hydrogen-bond acceptors (Lipinski definition) is 20. The molecule has 1 unspecified atom stereocenters. The van der Waals surface area contributed by atoms with Gasteiger partial charge in [-0.1, -0.05) is 53.6 Å². The first kappa shape index (κ1) is 62.4. The Kier molecular flexibility index (Phi) is 23.6. The van der Waals surface area contributed by atoms with Gasteiger partial charge in [-0.25, -0.2) is 0 Å². The maximum Gasteiger partial charge on any atom is 0.311 e. The number of carbonyl (C=O) groups is 3. The number of Topliss-reactive ketones (excluding diaryl/α,β-unsaturated/α-hetero) is 1. The largest absolute Gasteiger partial charge is 0.461 e. The summed E-state index contributed by atoms with van der Waals surface area (Å²) in [6.07, 6.45) is -10.1. The van der Waals surface area contributed by atoms with E-state index in [0.717, 1.165) is 12.8 Å². The molecule has 0 aromatic heterocycles. The smallest absolute Gasteiger partial charge is 0.311 e. The summed E-state index contributed by atoms with van der Waals surface area (Å²) in [5, 5.41) is 39.1. The normalized spacial score (nSPS) is 43.1. The van der Waals surface area contributed by atoms with E-state index in [4.69, 9.17) is 56.9 Å². The average Bonchev–Trinajstić information content (AvgIpc) is 3.49. The van der Waals surface area contributed by atoms with Gasteiger partial charge in [-0.2, -0.15) is 0 Å². The number of aliphatic hydroxyl groups is 3. The standard InChI is InChI=1S/C54H94N2O18/c1-27(2)21-40(57)71-46-34(9)45(29(4)26-67-53-49(64-15)48(63-14)42(58)37(12)70-53)73-51(61)36(11)47(72-41-22-30(5)56(25-32(7)68-41)38-17-19-66-20-18-38)33(8)44(28(3)24-54(13,62)50(60)35(46)10)74-52-43(59)39(55-65-16)23-31(6)69-52/h27-38,41-49,52-53,58-59,62H,17-26H2,1-16H3/b55-39+/t28-,29-,30?,31+,32-,33+,34-,35+,36+,37+,41-,42+,43+,44-,45+,46+,47-,48+,49+,52-,53+,54-/m0/s1. The lowest BCUT2D eigenvalue weighted by molar-refractivity contribution is -0.305. The first-order chi connectivity index (χ1) is 34.8. The van der Waals surface area contributed by atoms with Gasteiger partial charge in [0.1, 0.15) is 49.3 Å². The molecule has 5 fully saturated rings. The summed E-state index contributed by atoms with van der Waals surface area (Å²) in [7, 11) is 4.32. The van der Waals surface area contributed by atoms with Gasteiger partial charge in [0.05, 0.1) is 54.7 Å². The highest BCUT2D eigenvalue weighted by molar-refractivity contribution is 5.90. The van der Waals surface area contributed by atoms with E-state index in [1.807, 2.05) is 48.5 Å². The van der Waals surface area contributed by atoms with Crippen LogP contribution < -0.4 is 0 Å². The molecule has 22 atom stereocenters. The summed E-state index contributed by atoms with van der Waals surface area (Å²) >= 11 is 0. The highest BCUT2D eigenvalue weighted by atomic mass is 16.7. The Balaban J connectivity index is 1.61. The van der Waals surface area contributed by atoms with Crippen LogP contribution in [0, 0.1) is 41.4 Å². The van der Waals surface area contributed by atoms with Gasteiger partial charge in [0.25, 0.3) is 0 Å². The maximum atomic E-state index is 15.3. The summed E-state index contributed by atoms with van der Waals surface area (Å²) in [4.78, 5) is 51.6. The zero-order chi connectivity index (χ0) is 54.9. The number of carbonyl (C=O) groups excluding carboxylic acids is 3. The number of oxime groups is 1. The molecule has 0 aromatic carbocycles. The molecule has 0 aromatic rings. The van der Waals surface area contributed by atoms with Crippen LogP contribution in [0.15, 0.2) is 5.16 Å². The number of aliphatic hydroxyl groups excluding tert-OH is 2. The third-order valence-electron chi connectivity index (χ3n) is 16.0. The van der Waals surface area contributed by atoms with Gasteiger partial charge in [0.15, 0.2) is 24.7 Å². The molecule has 20 heteroatoms. The van der Waals surface area contributed by atoms with E-state index in [1.54, 1.807) is 27.7 Å². The lowest BCUT2D eigenvalue weighted by Gasteiger charge is -2.44. The minimum atomic E-state index is -2.02. The Bertz CT molecular complexity index is 1800. The molecule has 5 saturated heterocycles. The highest BCUT2D eigenvalue weighted by Gasteiger charge is 2.51. The SMILES string of the molecule is CO/N=C1\C[C@@H](C)O[C@@H](O[C@@H]2[C@@H](C)[C@H](O[C@H]3CC(C)N(C4CCOCC4)C[C@H](C)O3)[C@@H](C)C(=O)O[C@H]([C@@H](C)CO[C@@H]3O[C@H](C)[C@@H](O)[C@@H](OC)[C@H]3OC)[C@H](C)[C@@H](OC(=O)CC(C)C)[C@@H](C)C(=O)[C@@](C)(O)C[C@@H]2C)[C@@H]1O. The minimum absolute atomic E-state index is 0.0293. The van der Waals surface area contributed by atoms with Gasteiger partial charge in [-0.05, 0) is 72.6 Å². The molecule has 0 amide bonds. The first-order valence-corrected chi connectivity index (χ1v) is 27.2. The Labute approximate surface area is 440 Å². The Morgan fingerprint density at radius 2 is 1.47 bits per heavy atom. The van der Waals surface area contributed by atoms with Gasteiger partial charge >= 0.3 is 11.9 Å². The van der Waals surface area contributed by atoms with Gasteiger partial charge in [-0.3, -0.25) is 19.3 Å². The van der Waals surface area contributed by atoms with Crippen LogP contribution >= 0.6 is 0 Å². The lowest BCUT2D eigenvalue weighted by Crippen LogP contribution is -2.59. The Hall–Kier alpha value is -2.44. The molecule has 0 bridgehead atoms. The molecule has 74 heavy (non-hydrogen) atoms. The minimum Gasteiger partial charge on any atom is -0.461 e. The van der Waals surface area contributed by atoms with Gasteiger partial charge in [-0.15, -0.1) is 0 Å². The quantitative estimate of drug-likeness (QED) is 0.147. The second kappa shape index (κ2) is 27.9. The molecule has 5 aliphatic heterocycles. The van der Waals surface area contributed by atoms with Crippen molar-refractivity contribution in [2.24, 2.45) is 46.6 Å². The molecule has 5 rings (SSSR count). The summed E-state index contributed by atoms with van der Waals surface area (Å²) in [6, 6.07) is 0.333. The summed E-state index contributed by atoms with van der Waals surface area (Å²) in [6.45, 7) is 25.5. The monoisotopic (exact) mass is 1060 g/mol. The fraction of sp³-hybridized carbons (Fsp3) is 0.926. The number of rotatable bonds is 15. The Morgan fingerprint density at radius 3 is 2.09 bits per heavy atom. The molecular formula is C54H94N2O18. The van der Waals surface area contributed by atoms with Crippen LogP contribution in [-0.2, 0) is 71.3 Å². The number of ether oxygens (including phenoxy) is 11. The zero-order valence-corrected chi connectivity index (χ0v) is 47.2. The van der Waals surface area contributed by atoms with Crippen molar-refractivity contribution in [3.05, 3.63) is 0 Å². The van der Waals surface area contributed by atoms with Crippen LogP contribution in [0.25, 0.3) is 0 Å². The van der Waals surface area contributed by atoms with E-state index < -0.39 is 139 Å². The van der Waals surface area contributed by atoms with Crippen molar-refractivity contribution in [1.29, 1.82) is 0 Å². The first-order valence-electron chi connectivity index (χ1n) is 27.2. The van der Waals surface area contributed by atoms with E-state index in [0.29, 0.717) is 37.9 Å². The van der Waals surface area contributed by atoms with Crippen molar-refractivity contribution in [1.82, 2.24) is 4.90 Å². The van der Waals surface area contributed by atoms with Crippen LogP contribution in [0.1, 0.15) is 129 Å². The summed E-state index contributed by atoms with van der Waals surface area (Å²) in [5.74, 6) is -6.90. The summed E-state index contributed by atoms with van der Waals surface area (Å²) in [5.41, 5.74) is -1.70. The van der Waals surface area contributed by atoms with Crippen molar-refractivity contribution in [3.63, 3.8) is 0 Å². The third-order valence-corrected chi connectivity index (χ3v) is 16.0. The molecule has 0 saturated carbocycles. The van der Waals surface area contributed by atoms with Crippen molar-refractivity contribution in [3.8, 4) is 0 Å². The topological polar surface area (TPSA) is 238 Å². The molecule has 0 spiro atoms. The predicted molar refractivity (Wildman–Crippen MR) is 270 cm³/mol. The number of methoxy groups -OCH3 is 2. The number of esters is 2. The number of hydrogen-bond donors (Lipinski definition) is 3. The summed E-state index contributed by atoms with van der Waals surface area (Å²) < 4.78 is 69.5. The molecule has 20 nitrogen and oxygen atoms in total. The average molecular weight is 1060 g/mol. The zero-order valence-electron chi connectivity index (χ0n) is 47.2. The molecule has 5 heterocycles. The maximum absolute atomic E-state index is 15.3. The molecule has 0 aliphatic carbocycles. The van der Waals surface area contributed by atoms with E-state index >= 15 is 4.79 Å². The molecule has 3 N–H and O–H groups in total. The van der Waals surface area contributed by atoms with E-state index in [-0.39, 0.29) is 43.9 Å². The van der Waals surface area contributed by atoms with Gasteiger partial charge < -0.3 is 72.3 Å². The number of nitrogens with zero attached hydrogens (tertiary/aromatic N) is 2. The fourth-order valence-corrected chi connectivity index (χ4v) is 12.1. The number of ketones is 1. The van der Waals surface area contributed by atoms with Gasteiger partial charge in [0.2, 0.25) is 0 Å². The molecule has 5 aliphatic rings. The van der Waals surface area contributed by atoms with Crippen molar-refractivity contribution in [2.75, 3.05) is 47.7 Å². The second-order valence-corrected chi connectivity index (χ2v) is 22.9. The van der Waals surface area contributed by atoms with Crippen LogP contribution in [0.5, 0.6) is 0 Å². The number of cyclic esters (lactones) is 1. The van der Waals surface area contributed by atoms with Crippen LogP contribution in [-0.4, -0.2) is 195 Å². The van der Waals surface area contributed by atoms with E-state index in [2.05, 4.69) is 17.0 Å². The van der Waals surface area contributed by atoms with Crippen molar-refractivity contribution >= 4 is 23.4 Å². The predicted octanol–water partition coefficient (Wildman–Crippen LogP) is 4.82. The Morgan fingerprint density at radius 1 is 0.811 bits per heavy atom. The van der Waals surface area contributed by atoms with Gasteiger partial charge in [0, 0.05) is 83.1 Å². The molecule has 428 valence electrons.